The second kappa shape index (κ2) is 4.99. The molecule has 0 aromatic heterocycles. The molecule has 4 fully saturated rings. The third-order valence-corrected chi connectivity index (χ3v) is 6.00. The first-order valence-electron chi connectivity index (χ1n) is 8.37. The molecule has 4 rings (SSSR count). The van der Waals surface area contributed by atoms with Crippen LogP contribution in [0, 0.1) is 28.6 Å². The minimum absolute atomic E-state index is 0.128. The predicted octanol–water partition coefficient (Wildman–Crippen LogP) is 2.82. The topological polar surface area (TPSA) is 66.4 Å². The van der Waals surface area contributed by atoms with Gasteiger partial charge in [-0.2, -0.15) is 0 Å². The fourth-order valence-corrected chi connectivity index (χ4v) is 5.44. The largest absolute Gasteiger partial charge is 0.481 e. The van der Waals surface area contributed by atoms with E-state index in [0.717, 1.165) is 38.5 Å². The highest BCUT2D eigenvalue weighted by atomic mass is 16.4. The maximum absolute atomic E-state index is 12.7. The van der Waals surface area contributed by atoms with Crippen molar-refractivity contribution in [3.63, 3.8) is 0 Å². The smallest absolute Gasteiger partial charge is 0.309 e. The van der Waals surface area contributed by atoms with Crippen molar-refractivity contribution in [2.75, 3.05) is 6.54 Å². The molecule has 21 heavy (non-hydrogen) atoms. The standard InChI is InChI=1S/C17H27NO3/c1-11(2)3-4-18-14(19)16-6-12-5-13(7-16)9-17(8-12,10-16)15(20)21/h11-13H,3-10H2,1-2H3,(H,18,19)(H,20,21). The Morgan fingerprint density at radius 2 is 1.71 bits per heavy atom. The van der Waals surface area contributed by atoms with Crippen molar-refractivity contribution in [1.29, 1.82) is 0 Å². The fourth-order valence-electron chi connectivity index (χ4n) is 5.44. The average molecular weight is 293 g/mol. The molecule has 0 spiro atoms. The number of aliphatic carboxylic acids is 1. The third-order valence-electron chi connectivity index (χ3n) is 6.00. The Morgan fingerprint density at radius 1 is 1.14 bits per heavy atom. The van der Waals surface area contributed by atoms with E-state index in [1.807, 2.05) is 0 Å². The molecule has 0 aromatic carbocycles. The second-order valence-corrected chi connectivity index (χ2v) is 8.27. The number of carboxylic acids is 1. The number of carboxylic acid groups (broad SMARTS) is 1. The van der Waals surface area contributed by atoms with Gasteiger partial charge in [-0.25, -0.2) is 0 Å². The van der Waals surface area contributed by atoms with Gasteiger partial charge in [-0.05, 0) is 62.7 Å². The van der Waals surface area contributed by atoms with Gasteiger partial charge in [-0.1, -0.05) is 13.8 Å². The molecule has 4 aliphatic carbocycles. The van der Waals surface area contributed by atoms with Crippen molar-refractivity contribution >= 4 is 11.9 Å². The van der Waals surface area contributed by atoms with E-state index in [4.69, 9.17) is 0 Å². The molecule has 4 aliphatic rings. The van der Waals surface area contributed by atoms with Crippen LogP contribution in [0.3, 0.4) is 0 Å². The van der Waals surface area contributed by atoms with E-state index in [2.05, 4.69) is 19.2 Å². The molecule has 1 amide bonds. The lowest BCUT2D eigenvalue weighted by molar-refractivity contribution is -0.179. The maximum Gasteiger partial charge on any atom is 0.309 e. The summed E-state index contributed by atoms with van der Waals surface area (Å²) in [4.78, 5) is 24.5. The summed E-state index contributed by atoms with van der Waals surface area (Å²) in [6.45, 7) is 5.01. The number of rotatable bonds is 5. The molecule has 2 unspecified atom stereocenters. The zero-order valence-corrected chi connectivity index (χ0v) is 13.2. The van der Waals surface area contributed by atoms with Crippen molar-refractivity contribution in [2.45, 2.75) is 58.8 Å². The molecule has 0 radical (unpaired) electrons. The maximum atomic E-state index is 12.7. The van der Waals surface area contributed by atoms with E-state index >= 15 is 0 Å². The fraction of sp³-hybridized carbons (Fsp3) is 0.882. The summed E-state index contributed by atoms with van der Waals surface area (Å²) in [7, 11) is 0. The van der Waals surface area contributed by atoms with Crippen LogP contribution < -0.4 is 5.32 Å². The first kappa shape index (κ1) is 14.9. The number of carbonyl (C=O) groups is 2. The van der Waals surface area contributed by atoms with Crippen molar-refractivity contribution in [3.8, 4) is 0 Å². The lowest BCUT2D eigenvalue weighted by Gasteiger charge is -2.59. The number of hydrogen-bond donors (Lipinski definition) is 2. The molecule has 4 saturated carbocycles. The summed E-state index contributed by atoms with van der Waals surface area (Å²) in [6, 6.07) is 0. The van der Waals surface area contributed by atoms with E-state index in [9.17, 15) is 14.7 Å². The van der Waals surface area contributed by atoms with Crippen molar-refractivity contribution in [2.24, 2.45) is 28.6 Å². The van der Waals surface area contributed by atoms with Gasteiger partial charge in [0, 0.05) is 6.54 Å². The first-order valence-corrected chi connectivity index (χ1v) is 8.37. The van der Waals surface area contributed by atoms with Crippen LogP contribution in [-0.2, 0) is 9.59 Å². The van der Waals surface area contributed by atoms with Crippen LogP contribution >= 0.6 is 0 Å². The van der Waals surface area contributed by atoms with Crippen molar-refractivity contribution in [1.82, 2.24) is 5.32 Å². The zero-order valence-electron chi connectivity index (χ0n) is 13.2. The van der Waals surface area contributed by atoms with Crippen LogP contribution in [0.15, 0.2) is 0 Å². The molecule has 4 bridgehead atoms. The molecule has 4 nitrogen and oxygen atoms in total. The van der Waals surface area contributed by atoms with E-state index in [1.165, 1.54) is 0 Å². The van der Waals surface area contributed by atoms with E-state index in [0.29, 0.717) is 30.7 Å². The Morgan fingerprint density at radius 3 is 2.24 bits per heavy atom. The molecule has 0 aliphatic heterocycles. The minimum Gasteiger partial charge on any atom is -0.481 e. The van der Waals surface area contributed by atoms with E-state index in [-0.39, 0.29) is 11.3 Å². The van der Waals surface area contributed by atoms with Crippen LogP contribution in [0.25, 0.3) is 0 Å². The third kappa shape index (κ3) is 2.47. The normalized spacial score (nSPS) is 40.5. The van der Waals surface area contributed by atoms with Gasteiger partial charge in [-0.3, -0.25) is 9.59 Å². The van der Waals surface area contributed by atoms with Gasteiger partial charge in [0.05, 0.1) is 10.8 Å². The van der Waals surface area contributed by atoms with Gasteiger partial charge in [0.2, 0.25) is 5.91 Å². The van der Waals surface area contributed by atoms with Gasteiger partial charge in [0.15, 0.2) is 0 Å². The first-order chi connectivity index (χ1) is 9.85. The van der Waals surface area contributed by atoms with Crippen LogP contribution in [0.1, 0.15) is 58.8 Å². The van der Waals surface area contributed by atoms with Crippen LogP contribution in [0.4, 0.5) is 0 Å². The minimum atomic E-state index is -0.670. The summed E-state index contributed by atoms with van der Waals surface area (Å²) >= 11 is 0. The SMILES string of the molecule is CC(C)CCNC(=O)C12CC3CC(CC(C(=O)O)(C3)C1)C2. The summed E-state index contributed by atoms with van der Waals surface area (Å²) < 4.78 is 0. The molecule has 0 saturated heterocycles. The average Bonchev–Trinajstić information content (AvgIpc) is 2.36. The lowest BCUT2D eigenvalue weighted by atomic mass is 9.44. The summed E-state index contributed by atoms with van der Waals surface area (Å²) in [6.07, 6.45) is 6.09. The number of nitrogens with one attached hydrogen (secondary N) is 1. The monoisotopic (exact) mass is 293 g/mol. The number of carbonyl (C=O) groups excluding carboxylic acids is 1. The van der Waals surface area contributed by atoms with Gasteiger partial charge >= 0.3 is 5.97 Å². The van der Waals surface area contributed by atoms with Crippen LogP contribution in [0.5, 0.6) is 0 Å². The van der Waals surface area contributed by atoms with E-state index < -0.39 is 11.4 Å². The second-order valence-electron chi connectivity index (χ2n) is 8.27. The van der Waals surface area contributed by atoms with E-state index in [1.54, 1.807) is 0 Å². The Hall–Kier alpha value is -1.06. The van der Waals surface area contributed by atoms with Crippen molar-refractivity contribution < 1.29 is 14.7 Å². The Bertz CT molecular complexity index is 443. The molecule has 4 heteroatoms. The number of hydrogen-bond acceptors (Lipinski definition) is 2. The molecule has 0 aromatic rings. The highest BCUT2D eigenvalue weighted by molar-refractivity contribution is 5.85. The quantitative estimate of drug-likeness (QED) is 0.819. The molecule has 2 N–H and O–H groups in total. The lowest BCUT2D eigenvalue weighted by Crippen LogP contribution is -2.59. The summed E-state index contributed by atoms with van der Waals surface area (Å²) in [5.41, 5.74) is -1.00. The van der Waals surface area contributed by atoms with Crippen LogP contribution in [0.2, 0.25) is 0 Å². The van der Waals surface area contributed by atoms with Crippen LogP contribution in [-0.4, -0.2) is 23.5 Å². The van der Waals surface area contributed by atoms with Gasteiger partial charge in [-0.15, -0.1) is 0 Å². The molecule has 118 valence electrons. The van der Waals surface area contributed by atoms with Crippen molar-refractivity contribution in [3.05, 3.63) is 0 Å². The predicted molar refractivity (Wildman–Crippen MR) is 79.6 cm³/mol. The molecule has 2 atom stereocenters. The molecular weight excluding hydrogens is 266 g/mol. The van der Waals surface area contributed by atoms with Gasteiger partial charge in [0.1, 0.15) is 0 Å². The molecular formula is C17H27NO3. The Balaban J connectivity index is 1.75. The highest BCUT2D eigenvalue weighted by Crippen LogP contribution is 2.65. The summed E-state index contributed by atoms with van der Waals surface area (Å²) in [5, 5.41) is 12.8. The Labute approximate surface area is 126 Å². The van der Waals surface area contributed by atoms with Gasteiger partial charge < -0.3 is 10.4 Å². The summed E-state index contributed by atoms with van der Waals surface area (Å²) in [5.74, 6) is 0.919. The zero-order chi connectivity index (χ0) is 15.3. The Kier molecular flexibility index (Phi) is 3.53. The number of amides is 1. The highest BCUT2D eigenvalue weighted by Gasteiger charge is 2.63. The van der Waals surface area contributed by atoms with Gasteiger partial charge in [0.25, 0.3) is 0 Å². The molecule has 0 heterocycles.